The van der Waals surface area contributed by atoms with Crippen LogP contribution in [0.1, 0.15) is 44.1 Å². The molecule has 100 valence electrons. The standard InChI is InChI=1S/C15H19BrF2/c16-13(7-5-11-3-1-2-4-11)9-12-6-8-14(17)10-15(12)18/h6,8,10-11,13H,1-5,7,9H2. The van der Waals surface area contributed by atoms with Crippen LogP contribution >= 0.6 is 15.9 Å². The summed E-state index contributed by atoms with van der Waals surface area (Å²) in [6.07, 6.45) is 8.36. The van der Waals surface area contributed by atoms with Crippen molar-refractivity contribution in [3.8, 4) is 0 Å². The molecular formula is C15H19BrF2. The van der Waals surface area contributed by atoms with Crippen molar-refractivity contribution in [3.63, 3.8) is 0 Å². The van der Waals surface area contributed by atoms with Crippen LogP contribution in [0.2, 0.25) is 0 Å². The molecule has 1 aromatic rings. The number of hydrogen-bond acceptors (Lipinski definition) is 0. The molecule has 1 unspecified atom stereocenters. The average Bonchev–Trinajstić information content (AvgIpc) is 2.83. The van der Waals surface area contributed by atoms with E-state index in [1.807, 2.05) is 0 Å². The Labute approximate surface area is 116 Å². The fourth-order valence-electron chi connectivity index (χ4n) is 2.74. The van der Waals surface area contributed by atoms with Gasteiger partial charge in [0.2, 0.25) is 0 Å². The maximum Gasteiger partial charge on any atom is 0.129 e. The summed E-state index contributed by atoms with van der Waals surface area (Å²) >= 11 is 3.61. The van der Waals surface area contributed by atoms with E-state index in [9.17, 15) is 8.78 Å². The summed E-state index contributed by atoms with van der Waals surface area (Å²) < 4.78 is 26.3. The van der Waals surface area contributed by atoms with Gasteiger partial charge < -0.3 is 0 Å². The van der Waals surface area contributed by atoms with Crippen molar-refractivity contribution in [1.29, 1.82) is 0 Å². The Balaban J connectivity index is 1.80. The lowest BCUT2D eigenvalue weighted by Gasteiger charge is -2.13. The third-order valence-corrected chi connectivity index (χ3v) is 4.60. The van der Waals surface area contributed by atoms with Crippen molar-refractivity contribution in [3.05, 3.63) is 35.4 Å². The van der Waals surface area contributed by atoms with Crippen molar-refractivity contribution in [2.75, 3.05) is 0 Å². The fraction of sp³-hybridized carbons (Fsp3) is 0.600. The number of halogens is 3. The second-order valence-electron chi connectivity index (χ2n) is 5.26. The molecule has 0 aromatic heterocycles. The van der Waals surface area contributed by atoms with Gasteiger partial charge in [0.15, 0.2) is 0 Å². The third-order valence-electron chi connectivity index (χ3n) is 3.82. The monoisotopic (exact) mass is 316 g/mol. The minimum absolute atomic E-state index is 0.290. The van der Waals surface area contributed by atoms with Gasteiger partial charge in [-0.15, -0.1) is 0 Å². The highest BCUT2D eigenvalue weighted by molar-refractivity contribution is 9.09. The van der Waals surface area contributed by atoms with Gasteiger partial charge in [0.05, 0.1) is 0 Å². The van der Waals surface area contributed by atoms with Gasteiger partial charge in [-0.25, -0.2) is 8.78 Å². The van der Waals surface area contributed by atoms with Crippen LogP contribution in [0.5, 0.6) is 0 Å². The highest BCUT2D eigenvalue weighted by atomic mass is 79.9. The molecule has 0 heterocycles. The van der Waals surface area contributed by atoms with Crippen LogP contribution in [0.4, 0.5) is 8.78 Å². The summed E-state index contributed by atoms with van der Waals surface area (Å²) in [6.45, 7) is 0. The van der Waals surface area contributed by atoms with Crippen molar-refractivity contribution in [1.82, 2.24) is 0 Å². The van der Waals surface area contributed by atoms with E-state index in [-0.39, 0.29) is 4.83 Å². The summed E-state index contributed by atoms with van der Waals surface area (Å²) in [5, 5.41) is 0. The molecule has 0 spiro atoms. The maximum absolute atomic E-state index is 13.5. The van der Waals surface area contributed by atoms with Crippen LogP contribution in [-0.2, 0) is 6.42 Å². The Hall–Kier alpha value is -0.440. The molecule has 0 saturated heterocycles. The van der Waals surface area contributed by atoms with E-state index in [2.05, 4.69) is 15.9 Å². The summed E-state index contributed by atoms with van der Waals surface area (Å²) in [5.74, 6) is -0.0724. The molecule has 1 saturated carbocycles. The smallest absolute Gasteiger partial charge is 0.129 e. The quantitative estimate of drug-likeness (QED) is 0.651. The zero-order valence-corrected chi connectivity index (χ0v) is 12.1. The van der Waals surface area contributed by atoms with E-state index in [0.717, 1.165) is 18.4 Å². The first-order chi connectivity index (χ1) is 8.65. The van der Waals surface area contributed by atoms with Gasteiger partial charge in [-0.05, 0) is 36.8 Å². The highest BCUT2D eigenvalue weighted by Crippen LogP contribution is 2.30. The number of alkyl halides is 1. The molecule has 2 rings (SSSR count). The highest BCUT2D eigenvalue weighted by Gasteiger charge is 2.17. The van der Waals surface area contributed by atoms with E-state index in [0.29, 0.717) is 12.0 Å². The first kappa shape index (κ1) is 14.0. The van der Waals surface area contributed by atoms with E-state index in [1.54, 1.807) is 6.07 Å². The molecule has 0 N–H and O–H groups in total. The number of hydrogen-bond donors (Lipinski definition) is 0. The van der Waals surface area contributed by atoms with Crippen molar-refractivity contribution >= 4 is 15.9 Å². The Kier molecular flexibility index (Phi) is 5.16. The van der Waals surface area contributed by atoms with Crippen LogP contribution in [0.3, 0.4) is 0 Å². The topological polar surface area (TPSA) is 0 Å². The minimum Gasteiger partial charge on any atom is -0.207 e. The molecule has 1 fully saturated rings. The average molecular weight is 317 g/mol. The number of rotatable bonds is 5. The Bertz CT molecular complexity index is 386. The third kappa shape index (κ3) is 4.04. The van der Waals surface area contributed by atoms with Gasteiger partial charge in [0.25, 0.3) is 0 Å². The largest absolute Gasteiger partial charge is 0.207 e. The van der Waals surface area contributed by atoms with E-state index >= 15 is 0 Å². The lowest BCUT2D eigenvalue weighted by Crippen LogP contribution is -2.07. The molecule has 1 aliphatic rings. The Morgan fingerprint density at radius 3 is 2.61 bits per heavy atom. The normalized spacial score (nSPS) is 18.2. The van der Waals surface area contributed by atoms with E-state index in [1.165, 1.54) is 38.2 Å². The van der Waals surface area contributed by atoms with Gasteiger partial charge in [-0.3, -0.25) is 0 Å². The lowest BCUT2D eigenvalue weighted by atomic mass is 9.98. The molecule has 3 heteroatoms. The fourth-order valence-corrected chi connectivity index (χ4v) is 3.36. The molecule has 0 amide bonds. The first-order valence-electron chi connectivity index (χ1n) is 6.73. The molecule has 0 bridgehead atoms. The molecule has 1 atom stereocenters. The zero-order valence-electron chi connectivity index (χ0n) is 10.5. The van der Waals surface area contributed by atoms with Crippen LogP contribution in [0, 0.1) is 17.6 Å². The summed E-state index contributed by atoms with van der Waals surface area (Å²) in [5.41, 5.74) is 0.602. The van der Waals surface area contributed by atoms with E-state index in [4.69, 9.17) is 0 Å². The Morgan fingerprint density at radius 1 is 1.22 bits per heavy atom. The van der Waals surface area contributed by atoms with Gasteiger partial charge in [0, 0.05) is 10.9 Å². The first-order valence-corrected chi connectivity index (χ1v) is 7.64. The second-order valence-corrected chi connectivity index (χ2v) is 6.56. The molecular weight excluding hydrogens is 298 g/mol. The second kappa shape index (κ2) is 6.65. The van der Waals surface area contributed by atoms with Gasteiger partial charge >= 0.3 is 0 Å². The van der Waals surface area contributed by atoms with Crippen LogP contribution in [-0.4, -0.2) is 4.83 Å². The van der Waals surface area contributed by atoms with Crippen molar-refractivity contribution in [2.24, 2.45) is 5.92 Å². The molecule has 1 aromatic carbocycles. The van der Waals surface area contributed by atoms with Crippen LogP contribution in [0.25, 0.3) is 0 Å². The maximum atomic E-state index is 13.5. The van der Waals surface area contributed by atoms with Gasteiger partial charge in [-0.2, -0.15) is 0 Å². The number of benzene rings is 1. The van der Waals surface area contributed by atoms with E-state index < -0.39 is 11.6 Å². The lowest BCUT2D eigenvalue weighted by molar-refractivity contribution is 0.477. The predicted octanol–water partition coefficient (Wildman–Crippen LogP) is 5.24. The molecule has 0 nitrogen and oxygen atoms in total. The SMILES string of the molecule is Fc1ccc(CC(Br)CCC2CCCC2)c(F)c1. The Morgan fingerprint density at radius 2 is 1.94 bits per heavy atom. The summed E-state index contributed by atoms with van der Waals surface area (Å²) in [6, 6.07) is 3.84. The van der Waals surface area contributed by atoms with Crippen molar-refractivity contribution < 1.29 is 8.78 Å². The minimum atomic E-state index is -0.506. The van der Waals surface area contributed by atoms with Crippen LogP contribution in [0.15, 0.2) is 18.2 Å². The van der Waals surface area contributed by atoms with Crippen molar-refractivity contribution in [2.45, 2.75) is 49.8 Å². The molecule has 18 heavy (non-hydrogen) atoms. The summed E-state index contributed by atoms with van der Waals surface area (Å²) in [4.78, 5) is 0.290. The van der Waals surface area contributed by atoms with Gasteiger partial charge in [-0.1, -0.05) is 47.7 Å². The molecule has 0 radical (unpaired) electrons. The zero-order chi connectivity index (χ0) is 13.0. The van der Waals surface area contributed by atoms with Crippen LogP contribution < -0.4 is 0 Å². The van der Waals surface area contributed by atoms with Gasteiger partial charge in [0.1, 0.15) is 11.6 Å². The summed E-state index contributed by atoms with van der Waals surface area (Å²) in [7, 11) is 0. The molecule has 1 aliphatic carbocycles. The molecule has 0 aliphatic heterocycles. The predicted molar refractivity (Wildman–Crippen MR) is 74.0 cm³/mol.